The molecular weight excluding hydrogens is 274 g/mol. The Kier molecular flexibility index (Phi) is 4.65. The predicted molar refractivity (Wildman–Crippen MR) is 80.3 cm³/mol. The molecule has 0 radical (unpaired) electrons. The third kappa shape index (κ3) is 3.72. The fraction of sp³-hybridized carbons (Fsp3) is 0.500. The van der Waals surface area contributed by atoms with Gasteiger partial charge in [-0.2, -0.15) is 0 Å². The summed E-state index contributed by atoms with van der Waals surface area (Å²) in [4.78, 5) is 4.60. The van der Waals surface area contributed by atoms with Crippen LogP contribution >= 0.6 is 0 Å². The SMILES string of the molecule is CCS(=O)(=O)c1cccc(CN=C(N)NC2CCC2)c1. The van der Waals surface area contributed by atoms with Crippen LogP contribution in [0.2, 0.25) is 0 Å². The molecule has 0 amide bonds. The molecule has 0 heterocycles. The summed E-state index contributed by atoms with van der Waals surface area (Å²) in [5.41, 5.74) is 6.65. The number of aliphatic imine (C=N–C) groups is 1. The second kappa shape index (κ2) is 6.26. The molecule has 5 nitrogen and oxygen atoms in total. The maximum absolute atomic E-state index is 11.8. The molecule has 0 aromatic heterocycles. The van der Waals surface area contributed by atoms with E-state index in [1.807, 2.05) is 6.07 Å². The molecule has 0 bridgehead atoms. The number of guanidine groups is 1. The van der Waals surface area contributed by atoms with E-state index in [1.54, 1.807) is 25.1 Å². The third-order valence-electron chi connectivity index (χ3n) is 3.53. The van der Waals surface area contributed by atoms with Gasteiger partial charge in [0.05, 0.1) is 17.2 Å². The van der Waals surface area contributed by atoms with E-state index in [2.05, 4.69) is 10.3 Å². The van der Waals surface area contributed by atoms with Crippen molar-refractivity contribution in [3.05, 3.63) is 29.8 Å². The Balaban J connectivity index is 2.02. The monoisotopic (exact) mass is 295 g/mol. The quantitative estimate of drug-likeness (QED) is 0.636. The fourth-order valence-electron chi connectivity index (χ4n) is 1.99. The zero-order chi connectivity index (χ0) is 14.6. The Morgan fingerprint density at radius 3 is 2.80 bits per heavy atom. The smallest absolute Gasteiger partial charge is 0.189 e. The lowest BCUT2D eigenvalue weighted by Gasteiger charge is -2.26. The standard InChI is InChI=1S/C14H21N3O2S/c1-2-20(18,19)13-8-3-5-11(9-13)10-16-14(15)17-12-6-4-7-12/h3,5,8-9,12H,2,4,6-7,10H2,1H3,(H3,15,16,17). The van der Waals surface area contributed by atoms with Gasteiger partial charge in [0.2, 0.25) is 0 Å². The van der Waals surface area contributed by atoms with E-state index < -0.39 is 9.84 Å². The highest BCUT2D eigenvalue weighted by atomic mass is 32.2. The molecule has 0 aliphatic heterocycles. The van der Waals surface area contributed by atoms with Crippen molar-refractivity contribution in [2.24, 2.45) is 10.7 Å². The van der Waals surface area contributed by atoms with Gasteiger partial charge in [-0.15, -0.1) is 0 Å². The van der Waals surface area contributed by atoms with Gasteiger partial charge in [-0.3, -0.25) is 0 Å². The average molecular weight is 295 g/mol. The van der Waals surface area contributed by atoms with Crippen LogP contribution in [0, 0.1) is 0 Å². The molecular formula is C14H21N3O2S. The summed E-state index contributed by atoms with van der Waals surface area (Å²) in [5.74, 6) is 0.531. The normalized spacial score (nSPS) is 16.8. The Labute approximate surface area is 120 Å². The topological polar surface area (TPSA) is 84.5 Å². The highest BCUT2D eigenvalue weighted by Crippen LogP contribution is 2.17. The molecule has 0 atom stereocenters. The van der Waals surface area contributed by atoms with Crippen molar-refractivity contribution in [2.75, 3.05) is 5.75 Å². The molecule has 1 aliphatic rings. The maximum Gasteiger partial charge on any atom is 0.189 e. The summed E-state index contributed by atoms with van der Waals surface area (Å²) in [5, 5.41) is 3.15. The van der Waals surface area contributed by atoms with Crippen LogP contribution in [0.4, 0.5) is 0 Å². The molecule has 1 aromatic carbocycles. The van der Waals surface area contributed by atoms with E-state index in [4.69, 9.17) is 5.73 Å². The van der Waals surface area contributed by atoms with Crippen LogP contribution in [0.1, 0.15) is 31.7 Å². The van der Waals surface area contributed by atoms with Crippen LogP contribution in [-0.2, 0) is 16.4 Å². The van der Waals surface area contributed by atoms with E-state index in [-0.39, 0.29) is 5.75 Å². The van der Waals surface area contributed by atoms with Gasteiger partial charge >= 0.3 is 0 Å². The van der Waals surface area contributed by atoms with Gasteiger partial charge in [-0.1, -0.05) is 19.1 Å². The van der Waals surface area contributed by atoms with Crippen LogP contribution in [0.15, 0.2) is 34.2 Å². The first-order valence-corrected chi connectivity index (χ1v) is 8.54. The lowest BCUT2D eigenvalue weighted by molar-refractivity contribution is 0.382. The number of sulfone groups is 1. The number of nitrogens with two attached hydrogens (primary N) is 1. The average Bonchev–Trinajstić information content (AvgIpc) is 2.41. The summed E-state index contributed by atoms with van der Waals surface area (Å²) in [6, 6.07) is 7.32. The van der Waals surface area contributed by atoms with Crippen molar-refractivity contribution in [3.8, 4) is 0 Å². The number of hydrogen-bond acceptors (Lipinski definition) is 3. The minimum absolute atomic E-state index is 0.102. The summed E-state index contributed by atoms with van der Waals surface area (Å²) >= 11 is 0. The fourth-order valence-corrected chi connectivity index (χ4v) is 2.94. The van der Waals surface area contributed by atoms with Crippen LogP contribution < -0.4 is 11.1 Å². The molecule has 1 aliphatic carbocycles. The van der Waals surface area contributed by atoms with Crippen molar-refractivity contribution < 1.29 is 8.42 Å². The van der Waals surface area contributed by atoms with Crippen molar-refractivity contribution in [1.29, 1.82) is 0 Å². The van der Waals surface area contributed by atoms with Crippen LogP contribution in [-0.4, -0.2) is 26.2 Å². The molecule has 3 N–H and O–H groups in total. The Bertz CT molecular complexity index is 592. The predicted octanol–water partition coefficient (Wildman–Crippen LogP) is 1.44. The second-order valence-corrected chi connectivity index (χ2v) is 7.30. The lowest BCUT2D eigenvalue weighted by Crippen LogP contribution is -2.43. The van der Waals surface area contributed by atoms with Gasteiger partial charge in [-0.25, -0.2) is 13.4 Å². The van der Waals surface area contributed by atoms with Gasteiger partial charge in [0.1, 0.15) is 0 Å². The first kappa shape index (κ1) is 14.8. The van der Waals surface area contributed by atoms with Gasteiger partial charge < -0.3 is 11.1 Å². The van der Waals surface area contributed by atoms with E-state index in [9.17, 15) is 8.42 Å². The molecule has 0 unspecified atom stereocenters. The molecule has 1 fully saturated rings. The summed E-state index contributed by atoms with van der Waals surface area (Å²) in [7, 11) is -3.17. The van der Waals surface area contributed by atoms with Gasteiger partial charge in [-0.05, 0) is 37.0 Å². The first-order valence-electron chi connectivity index (χ1n) is 6.89. The van der Waals surface area contributed by atoms with Gasteiger partial charge in [0.25, 0.3) is 0 Å². The highest BCUT2D eigenvalue weighted by Gasteiger charge is 2.17. The van der Waals surface area contributed by atoms with E-state index in [0.717, 1.165) is 18.4 Å². The van der Waals surface area contributed by atoms with Crippen LogP contribution in [0.5, 0.6) is 0 Å². The highest BCUT2D eigenvalue weighted by molar-refractivity contribution is 7.91. The van der Waals surface area contributed by atoms with E-state index >= 15 is 0 Å². The number of nitrogens with zero attached hydrogens (tertiary/aromatic N) is 1. The molecule has 20 heavy (non-hydrogen) atoms. The molecule has 6 heteroatoms. The summed E-state index contributed by atoms with van der Waals surface area (Å²) < 4.78 is 23.6. The number of benzene rings is 1. The Hall–Kier alpha value is -1.56. The minimum atomic E-state index is -3.17. The number of hydrogen-bond donors (Lipinski definition) is 2. The Morgan fingerprint density at radius 1 is 1.45 bits per heavy atom. The van der Waals surface area contributed by atoms with Crippen molar-refractivity contribution in [2.45, 2.75) is 43.7 Å². The zero-order valence-electron chi connectivity index (χ0n) is 11.7. The number of nitrogens with one attached hydrogen (secondary N) is 1. The summed E-state index contributed by atoms with van der Waals surface area (Å²) in [6.45, 7) is 2.03. The molecule has 1 saturated carbocycles. The number of rotatable bonds is 5. The molecule has 0 saturated heterocycles. The zero-order valence-corrected chi connectivity index (χ0v) is 12.5. The molecule has 110 valence electrons. The molecule has 1 aromatic rings. The first-order chi connectivity index (χ1) is 9.51. The maximum atomic E-state index is 11.8. The van der Waals surface area contributed by atoms with Crippen LogP contribution in [0.25, 0.3) is 0 Å². The van der Waals surface area contributed by atoms with E-state index in [0.29, 0.717) is 23.4 Å². The Morgan fingerprint density at radius 2 is 2.20 bits per heavy atom. The van der Waals surface area contributed by atoms with Gasteiger partial charge in [0.15, 0.2) is 15.8 Å². The second-order valence-electron chi connectivity index (χ2n) is 5.02. The van der Waals surface area contributed by atoms with Crippen LogP contribution in [0.3, 0.4) is 0 Å². The largest absolute Gasteiger partial charge is 0.370 e. The van der Waals surface area contributed by atoms with Crippen molar-refractivity contribution >= 4 is 15.8 Å². The van der Waals surface area contributed by atoms with Crippen molar-refractivity contribution in [1.82, 2.24) is 5.32 Å². The third-order valence-corrected chi connectivity index (χ3v) is 5.26. The summed E-state index contributed by atoms with van der Waals surface area (Å²) in [6.07, 6.45) is 3.52. The minimum Gasteiger partial charge on any atom is -0.370 e. The molecule has 2 rings (SSSR count). The van der Waals surface area contributed by atoms with E-state index in [1.165, 1.54) is 6.42 Å². The van der Waals surface area contributed by atoms with Gasteiger partial charge in [0, 0.05) is 6.04 Å². The molecule has 0 spiro atoms. The lowest BCUT2D eigenvalue weighted by atomic mass is 9.93. The van der Waals surface area contributed by atoms with Crippen molar-refractivity contribution in [3.63, 3.8) is 0 Å².